The van der Waals surface area contributed by atoms with Crippen LogP contribution in [-0.4, -0.2) is 29.3 Å². The summed E-state index contributed by atoms with van der Waals surface area (Å²) in [7, 11) is 0. The van der Waals surface area contributed by atoms with Gasteiger partial charge in [0, 0.05) is 37.7 Å². The first-order chi connectivity index (χ1) is 9.78. The summed E-state index contributed by atoms with van der Waals surface area (Å²) in [4.78, 5) is 5.07. The molecule has 1 unspecified atom stereocenters. The second-order valence-electron chi connectivity index (χ2n) is 6.91. The molecule has 110 valence electrons. The fourth-order valence-corrected chi connectivity index (χ4v) is 4.22. The molecule has 0 amide bonds. The van der Waals surface area contributed by atoms with Crippen LogP contribution in [0.4, 0.5) is 0 Å². The van der Waals surface area contributed by atoms with Gasteiger partial charge in [0.15, 0.2) is 0 Å². The van der Waals surface area contributed by atoms with E-state index in [0.717, 1.165) is 39.1 Å². The summed E-state index contributed by atoms with van der Waals surface area (Å²) in [6, 6.07) is 0. The molecule has 2 fully saturated rings. The molecule has 20 heavy (non-hydrogen) atoms. The fourth-order valence-electron chi connectivity index (χ4n) is 4.22. The Balaban J connectivity index is 1.82. The lowest BCUT2D eigenvalue weighted by Gasteiger charge is -2.31. The van der Waals surface area contributed by atoms with Gasteiger partial charge in [0.05, 0.1) is 17.8 Å². The van der Waals surface area contributed by atoms with Crippen molar-refractivity contribution >= 4 is 0 Å². The molecule has 1 aromatic rings. The molecule has 1 N–H and O–H groups in total. The fraction of sp³-hybridized carbons (Fsp3) is 0.812. The van der Waals surface area contributed by atoms with Crippen molar-refractivity contribution in [2.75, 3.05) is 19.8 Å². The standard InChI is InChI=1S/C16H25N3O/c1-16(7-9-20-11-16)19-14-6-8-17-10-13(14)18-15(19)12-4-2-3-5-12/h12,17H,2-11H2,1H3. The van der Waals surface area contributed by atoms with Gasteiger partial charge in [0.25, 0.3) is 0 Å². The minimum atomic E-state index is 0.135. The van der Waals surface area contributed by atoms with Crippen LogP contribution in [0.15, 0.2) is 0 Å². The van der Waals surface area contributed by atoms with E-state index in [4.69, 9.17) is 9.72 Å². The van der Waals surface area contributed by atoms with Crippen LogP contribution < -0.4 is 5.32 Å². The molecule has 4 rings (SSSR count). The van der Waals surface area contributed by atoms with E-state index in [1.165, 1.54) is 42.9 Å². The van der Waals surface area contributed by atoms with E-state index in [1.54, 1.807) is 0 Å². The maximum Gasteiger partial charge on any atom is 0.112 e. The van der Waals surface area contributed by atoms with E-state index in [2.05, 4.69) is 16.8 Å². The van der Waals surface area contributed by atoms with E-state index in [9.17, 15) is 0 Å². The van der Waals surface area contributed by atoms with Crippen LogP contribution >= 0.6 is 0 Å². The lowest BCUT2D eigenvalue weighted by atomic mass is 9.97. The molecule has 0 bridgehead atoms. The number of hydrogen-bond donors (Lipinski definition) is 1. The highest BCUT2D eigenvalue weighted by Crippen LogP contribution is 2.40. The number of nitrogens with one attached hydrogen (secondary N) is 1. The van der Waals surface area contributed by atoms with Crippen molar-refractivity contribution in [3.05, 3.63) is 17.2 Å². The van der Waals surface area contributed by atoms with E-state index in [1.807, 2.05) is 0 Å². The van der Waals surface area contributed by atoms with Crippen LogP contribution in [0.5, 0.6) is 0 Å². The zero-order valence-electron chi connectivity index (χ0n) is 12.5. The van der Waals surface area contributed by atoms with Crippen molar-refractivity contribution < 1.29 is 4.74 Å². The predicted octanol–water partition coefficient (Wildman–Crippen LogP) is 2.32. The molecular formula is C16H25N3O. The summed E-state index contributed by atoms with van der Waals surface area (Å²) in [5.41, 5.74) is 2.92. The molecule has 0 radical (unpaired) electrons. The molecule has 3 aliphatic rings. The highest BCUT2D eigenvalue weighted by molar-refractivity contribution is 5.25. The molecule has 1 atom stereocenters. The summed E-state index contributed by atoms with van der Waals surface area (Å²) in [5.74, 6) is 2.04. The van der Waals surface area contributed by atoms with Gasteiger partial charge in [-0.1, -0.05) is 12.8 Å². The number of ether oxygens (including phenoxy) is 1. The zero-order valence-corrected chi connectivity index (χ0v) is 12.5. The Bertz CT molecular complexity index is 496. The average Bonchev–Trinajstić information content (AvgIpc) is 3.17. The Morgan fingerprint density at radius 3 is 2.95 bits per heavy atom. The predicted molar refractivity (Wildman–Crippen MR) is 77.9 cm³/mol. The normalized spacial score (nSPS) is 30.9. The Labute approximate surface area is 120 Å². The van der Waals surface area contributed by atoms with Gasteiger partial charge in [-0.15, -0.1) is 0 Å². The summed E-state index contributed by atoms with van der Waals surface area (Å²) >= 11 is 0. The first kappa shape index (κ1) is 12.8. The topological polar surface area (TPSA) is 39.1 Å². The number of nitrogens with zero attached hydrogens (tertiary/aromatic N) is 2. The smallest absolute Gasteiger partial charge is 0.112 e. The average molecular weight is 275 g/mol. The van der Waals surface area contributed by atoms with Crippen molar-refractivity contribution in [2.24, 2.45) is 0 Å². The zero-order chi connectivity index (χ0) is 13.6. The van der Waals surface area contributed by atoms with E-state index in [-0.39, 0.29) is 5.54 Å². The van der Waals surface area contributed by atoms with Gasteiger partial charge >= 0.3 is 0 Å². The van der Waals surface area contributed by atoms with Crippen molar-refractivity contribution in [3.8, 4) is 0 Å². The third kappa shape index (κ3) is 1.92. The summed E-state index contributed by atoms with van der Waals surface area (Å²) < 4.78 is 8.33. The largest absolute Gasteiger partial charge is 0.379 e. The second-order valence-corrected chi connectivity index (χ2v) is 6.91. The van der Waals surface area contributed by atoms with Gasteiger partial charge in [-0.3, -0.25) is 0 Å². The molecule has 4 nitrogen and oxygen atoms in total. The third-order valence-corrected chi connectivity index (χ3v) is 5.37. The number of imidazole rings is 1. The van der Waals surface area contributed by atoms with Crippen LogP contribution in [-0.2, 0) is 23.2 Å². The Kier molecular flexibility index (Phi) is 3.11. The monoisotopic (exact) mass is 275 g/mol. The van der Waals surface area contributed by atoms with Crippen LogP contribution in [0.2, 0.25) is 0 Å². The highest BCUT2D eigenvalue weighted by atomic mass is 16.5. The SMILES string of the molecule is CC1(n2c(C3CCCC3)nc3c2CCNC3)CCOC1. The molecule has 1 saturated carbocycles. The quantitative estimate of drug-likeness (QED) is 0.900. The van der Waals surface area contributed by atoms with Crippen molar-refractivity contribution in [2.45, 2.75) is 63.5 Å². The van der Waals surface area contributed by atoms with Crippen LogP contribution in [0.1, 0.15) is 62.2 Å². The summed E-state index contributed by atoms with van der Waals surface area (Å²) in [6.45, 7) is 6.13. The van der Waals surface area contributed by atoms with Crippen LogP contribution in [0.25, 0.3) is 0 Å². The Morgan fingerprint density at radius 2 is 2.20 bits per heavy atom. The molecule has 0 spiro atoms. The van der Waals surface area contributed by atoms with E-state index in [0.29, 0.717) is 5.92 Å². The minimum absolute atomic E-state index is 0.135. The molecule has 2 aliphatic heterocycles. The van der Waals surface area contributed by atoms with Gasteiger partial charge in [-0.2, -0.15) is 0 Å². The van der Waals surface area contributed by atoms with Gasteiger partial charge in [0.2, 0.25) is 0 Å². The first-order valence-corrected chi connectivity index (χ1v) is 8.17. The molecule has 3 heterocycles. The Hall–Kier alpha value is -0.870. The van der Waals surface area contributed by atoms with Crippen LogP contribution in [0, 0.1) is 0 Å². The lowest BCUT2D eigenvalue weighted by molar-refractivity contribution is 0.158. The molecular weight excluding hydrogens is 250 g/mol. The number of rotatable bonds is 2. The number of aromatic nitrogens is 2. The maximum absolute atomic E-state index is 5.73. The van der Waals surface area contributed by atoms with Crippen LogP contribution in [0.3, 0.4) is 0 Å². The van der Waals surface area contributed by atoms with Crippen molar-refractivity contribution in [1.29, 1.82) is 0 Å². The molecule has 0 aromatic carbocycles. The Morgan fingerprint density at radius 1 is 1.35 bits per heavy atom. The van der Waals surface area contributed by atoms with Gasteiger partial charge in [0.1, 0.15) is 5.82 Å². The van der Waals surface area contributed by atoms with E-state index >= 15 is 0 Å². The van der Waals surface area contributed by atoms with Crippen molar-refractivity contribution in [1.82, 2.24) is 14.9 Å². The summed E-state index contributed by atoms with van der Waals surface area (Å²) in [6.07, 6.45) is 7.62. The highest BCUT2D eigenvalue weighted by Gasteiger charge is 2.39. The van der Waals surface area contributed by atoms with Gasteiger partial charge < -0.3 is 14.6 Å². The second kappa shape index (κ2) is 4.85. The van der Waals surface area contributed by atoms with E-state index < -0.39 is 0 Å². The summed E-state index contributed by atoms with van der Waals surface area (Å²) in [5, 5.41) is 3.47. The number of hydrogen-bond acceptors (Lipinski definition) is 3. The van der Waals surface area contributed by atoms with Gasteiger partial charge in [-0.25, -0.2) is 4.98 Å². The van der Waals surface area contributed by atoms with Crippen molar-refractivity contribution in [3.63, 3.8) is 0 Å². The minimum Gasteiger partial charge on any atom is -0.379 e. The number of fused-ring (bicyclic) bond motifs is 1. The third-order valence-electron chi connectivity index (χ3n) is 5.37. The first-order valence-electron chi connectivity index (χ1n) is 8.17. The molecule has 1 saturated heterocycles. The molecule has 1 aromatic heterocycles. The molecule has 1 aliphatic carbocycles. The maximum atomic E-state index is 5.73. The van der Waals surface area contributed by atoms with Gasteiger partial charge in [-0.05, 0) is 26.2 Å². The molecule has 4 heteroatoms. The lowest BCUT2D eigenvalue weighted by Crippen LogP contribution is -2.36.